The van der Waals surface area contributed by atoms with Crippen LogP contribution in [-0.2, 0) is 13.0 Å². The Morgan fingerprint density at radius 3 is 3.00 bits per heavy atom. The highest BCUT2D eigenvalue weighted by Crippen LogP contribution is 2.29. The van der Waals surface area contributed by atoms with Crippen LogP contribution < -0.4 is 5.32 Å². The van der Waals surface area contributed by atoms with Crippen LogP contribution in [0.4, 0.5) is 0 Å². The van der Waals surface area contributed by atoms with Crippen LogP contribution in [0.15, 0.2) is 12.4 Å². The molecule has 1 aliphatic heterocycles. The molecule has 4 heteroatoms. The highest BCUT2D eigenvalue weighted by molar-refractivity contribution is 8.00. The first kappa shape index (κ1) is 14.9. The van der Waals surface area contributed by atoms with Crippen LogP contribution in [0.25, 0.3) is 0 Å². The van der Waals surface area contributed by atoms with Gasteiger partial charge < -0.3 is 5.32 Å². The fourth-order valence-corrected chi connectivity index (χ4v) is 4.12. The second-order valence-corrected chi connectivity index (χ2v) is 6.72. The van der Waals surface area contributed by atoms with Gasteiger partial charge in [-0.2, -0.15) is 16.9 Å². The second kappa shape index (κ2) is 7.95. The fraction of sp³-hybridized carbons (Fsp3) is 0.800. The number of nitrogens with one attached hydrogen (secondary N) is 1. The maximum Gasteiger partial charge on any atom is 0.0522 e. The van der Waals surface area contributed by atoms with Gasteiger partial charge in [-0.3, -0.25) is 4.68 Å². The molecule has 2 heterocycles. The monoisotopic (exact) mass is 281 g/mol. The van der Waals surface area contributed by atoms with Gasteiger partial charge in [-0.1, -0.05) is 13.3 Å². The van der Waals surface area contributed by atoms with Crippen LogP contribution in [0, 0.1) is 0 Å². The Labute approximate surface area is 121 Å². The quantitative estimate of drug-likeness (QED) is 0.833. The van der Waals surface area contributed by atoms with Crippen molar-refractivity contribution < 1.29 is 0 Å². The lowest BCUT2D eigenvalue weighted by Gasteiger charge is -2.30. The number of nitrogens with zero attached hydrogens (tertiary/aromatic N) is 2. The van der Waals surface area contributed by atoms with Crippen LogP contribution in [0.1, 0.15) is 45.1 Å². The first-order valence-corrected chi connectivity index (χ1v) is 8.74. The second-order valence-electron chi connectivity index (χ2n) is 5.37. The maximum absolute atomic E-state index is 4.40. The van der Waals surface area contributed by atoms with Crippen LogP contribution >= 0.6 is 11.8 Å². The third-order valence-electron chi connectivity index (χ3n) is 3.79. The maximum atomic E-state index is 4.40. The Bertz CT molecular complexity index is 358. The summed E-state index contributed by atoms with van der Waals surface area (Å²) >= 11 is 2.16. The Hall–Kier alpha value is -0.480. The smallest absolute Gasteiger partial charge is 0.0522 e. The summed E-state index contributed by atoms with van der Waals surface area (Å²) in [6.07, 6.45) is 10.7. The summed E-state index contributed by atoms with van der Waals surface area (Å²) < 4.78 is 2.03. The topological polar surface area (TPSA) is 29.9 Å². The van der Waals surface area contributed by atoms with Crippen LogP contribution in [0.2, 0.25) is 0 Å². The third kappa shape index (κ3) is 4.53. The van der Waals surface area contributed by atoms with E-state index in [2.05, 4.69) is 42.2 Å². The van der Waals surface area contributed by atoms with E-state index >= 15 is 0 Å². The lowest BCUT2D eigenvalue weighted by Crippen LogP contribution is -2.41. The van der Waals surface area contributed by atoms with Gasteiger partial charge in [0.1, 0.15) is 0 Å². The van der Waals surface area contributed by atoms with Crippen molar-refractivity contribution in [3.05, 3.63) is 18.0 Å². The van der Waals surface area contributed by atoms with Gasteiger partial charge in [-0.25, -0.2) is 0 Å². The molecule has 0 radical (unpaired) electrons. The number of rotatable bonds is 7. The Kier molecular flexibility index (Phi) is 6.24. The van der Waals surface area contributed by atoms with Gasteiger partial charge in [0.05, 0.1) is 6.20 Å². The van der Waals surface area contributed by atoms with Crippen molar-refractivity contribution in [2.45, 2.75) is 63.8 Å². The van der Waals surface area contributed by atoms with E-state index in [0.717, 1.165) is 24.8 Å². The average Bonchev–Trinajstić information content (AvgIpc) is 2.92. The summed E-state index contributed by atoms with van der Waals surface area (Å²) in [6.45, 7) is 6.47. The molecule has 2 atom stereocenters. The molecule has 0 aliphatic carbocycles. The van der Waals surface area contributed by atoms with Crippen molar-refractivity contribution in [3.8, 4) is 0 Å². The minimum absolute atomic E-state index is 0.611. The normalized spacial score (nSPS) is 21.5. The Morgan fingerprint density at radius 2 is 2.37 bits per heavy atom. The van der Waals surface area contributed by atoms with Gasteiger partial charge in [0.2, 0.25) is 0 Å². The van der Waals surface area contributed by atoms with Crippen molar-refractivity contribution in [1.82, 2.24) is 15.1 Å². The molecule has 0 spiro atoms. The predicted octanol–water partition coefficient (Wildman–Crippen LogP) is 3.10. The zero-order chi connectivity index (χ0) is 13.5. The van der Waals surface area contributed by atoms with Crippen LogP contribution in [0.3, 0.4) is 0 Å². The molecule has 19 heavy (non-hydrogen) atoms. The highest BCUT2D eigenvalue weighted by Gasteiger charge is 2.24. The van der Waals surface area contributed by atoms with Gasteiger partial charge in [-0.05, 0) is 50.5 Å². The van der Waals surface area contributed by atoms with E-state index in [0.29, 0.717) is 6.04 Å². The summed E-state index contributed by atoms with van der Waals surface area (Å²) in [7, 11) is 0. The Balaban J connectivity index is 1.95. The molecule has 1 fully saturated rings. The predicted molar refractivity (Wildman–Crippen MR) is 83.8 cm³/mol. The molecule has 0 bridgehead atoms. The van der Waals surface area contributed by atoms with E-state index in [1.165, 1.54) is 37.0 Å². The highest BCUT2D eigenvalue weighted by atomic mass is 32.2. The zero-order valence-corrected chi connectivity index (χ0v) is 13.1. The van der Waals surface area contributed by atoms with Crippen molar-refractivity contribution in [2.24, 2.45) is 0 Å². The number of aromatic nitrogens is 2. The lowest BCUT2D eigenvalue weighted by molar-refractivity contribution is 0.461. The number of thioether (sulfide) groups is 1. The molecule has 1 saturated heterocycles. The van der Waals surface area contributed by atoms with E-state index in [1.807, 2.05) is 10.9 Å². The van der Waals surface area contributed by atoms with E-state index in [4.69, 9.17) is 0 Å². The first-order valence-electron chi connectivity index (χ1n) is 7.69. The lowest BCUT2D eigenvalue weighted by atomic mass is 10.0. The minimum atomic E-state index is 0.611. The van der Waals surface area contributed by atoms with Crippen LogP contribution in [0.5, 0.6) is 0 Å². The molecular formula is C15H27N3S. The summed E-state index contributed by atoms with van der Waals surface area (Å²) in [5, 5.41) is 8.93. The summed E-state index contributed by atoms with van der Waals surface area (Å²) in [5.74, 6) is 1.34. The van der Waals surface area contributed by atoms with E-state index in [1.54, 1.807) is 0 Å². The molecule has 0 aromatic carbocycles. The van der Waals surface area contributed by atoms with E-state index < -0.39 is 0 Å². The molecule has 108 valence electrons. The molecule has 3 nitrogen and oxygen atoms in total. The van der Waals surface area contributed by atoms with Crippen molar-refractivity contribution in [1.29, 1.82) is 0 Å². The molecule has 2 unspecified atom stereocenters. The molecule has 1 aromatic heterocycles. The van der Waals surface area contributed by atoms with Crippen LogP contribution in [-0.4, -0.2) is 33.4 Å². The standard InChI is InChI=1S/C15H27N3S/c1-3-8-16-14(15-7-5-6-9-19-15)10-13-11-17-18(4-2)12-13/h11-12,14-16H,3-10H2,1-2H3. The molecule has 0 saturated carbocycles. The van der Waals surface area contributed by atoms with Gasteiger partial charge in [0.15, 0.2) is 0 Å². The van der Waals surface area contributed by atoms with Crippen molar-refractivity contribution in [3.63, 3.8) is 0 Å². The summed E-state index contributed by atoms with van der Waals surface area (Å²) in [5.41, 5.74) is 1.38. The molecule has 1 N–H and O–H groups in total. The van der Waals surface area contributed by atoms with Gasteiger partial charge in [0, 0.05) is 24.0 Å². The van der Waals surface area contributed by atoms with Crippen molar-refractivity contribution >= 4 is 11.8 Å². The van der Waals surface area contributed by atoms with Gasteiger partial charge >= 0.3 is 0 Å². The van der Waals surface area contributed by atoms with Crippen molar-refractivity contribution in [2.75, 3.05) is 12.3 Å². The summed E-state index contributed by atoms with van der Waals surface area (Å²) in [4.78, 5) is 0. The third-order valence-corrected chi connectivity index (χ3v) is 5.30. The minimum Gasteiger partial charge on any atom is -0.313 e. The SMILES string of the molecule is CCCNC(Cc1cnn(CC)c1)C1CCCCS1. The largest absolute Gasteiger partial charge is 0.313 e. The zero-order valence-electron chi connectivity index (χ0n) is 12.3. The Morgan fingerprint density at radius 1 is 1.47 bits per heavy atom. The number of hydrogen-bond donors (Lipinski definition) is 1. The molecule has 1 aliphatic rings. The summed E-state index contributed by atoms with van der Waals surface area (Å²) in [6, 6.07) is 0.611. The molecule has 1 aromatic rings. The number of aryl methyl sites for hydroxylation is 1. The molecule has 2 rings (SSSR count). The van der Waals surface area contributed by atoms with E-state index in [-0.39, 0.29) is 0 Å². The van der Waals surface area contributed by atoms with Gasteiger partial charge in [-0.15, -0.1) is 0 Å². The fourth-order valence-electron chi connectivity index (χ4n) is 2.69. The molecular weight excluding hydrogens is 254 g/mol. The average molecular weight is 281 g/mol. The van der Waals surface area contributed by atoms with Gasteiger partial charge in [0.25, 0.3) is 0 Å². The first-order chi connectivity index (χ1) is 9.33. The van der Waals surface area contributed by atoms with E-state index in [9.17, 15) is 0 Å². The number of hydrogen-bond acceptors (Lipinski definition) is 3. The molecule has 0 amide bonds.